The first-order chi connectivity index (χ1) is 15.6. The molecule has 2 aromatic carbocycles. The molecule has 2 heterocycles. The van der Waals surface area contributed by atoms with Crippen molar-refractivity contribution < 1.29 is 19.2 Å². The lowest BCUT2D eigenvalue weighted by molar-refractivity contribution is -0.143. The lowest BCUT2D eigenvalue weighted by Gasteiger charge is -2.42. The largest absolute Gasteiger partial charge is 0.333 e. The number of carbonyl (C=O) groups is 4. The van der Waals surface area contributed by atoms with Gasteiger partial charge in [-0.15, -0.1) is 0 Å². The highest BCUT2D eigenvalue weighted by atomic mass is 16.2. The Bertz CT molecular complexity index is 1060. The molecule has 1 fully saturated rings. The van der Waals surface area contributed by atoms with Crippen LogP contribution in [0.5, 0.6) is 0 Å². The molecule has 2 aromatic rings. The van der Waals surface area contributed by atoms with Gasteiger partial charge in [-0.3, -0.25) is 19.3 Å². The molecule has 0 saturated heterocycles. The quantitative estimate of drug-likeness (QED) is 0.550. The summed E-state index contributed by atoms with van der Waals surface area (Å²) >= 11 is 0. The molecule has 6 nitrogen and oxygen atoms in total. The van der Waals surface area contributed by atoms with Crippen molar-refractivity contribution in [3.63, 3.8) is 0 Å². The van der Waals surface area contributed by atoms with E-state index in [0.717, 1.165) is 43.1 Å². The van der Waals surface area contributed by atoms with Crippen LogP contribution in [0.3, 0.4) is 0 Å². The maximum absolute atomic E-state index is 13.7. The molecule has 3 amide bonds. The van der Waals surface area contributed by atoms with Gasteiger partial charge in [-0.2, -0.15) is 0 Å². The van der Waals surface area contributed by atoms with E-state index >= 15 is 0 Å². The molecule has 1 aliphatic carbocycles. The van der Waals surface area contributed by atoms with Gasteiger partial charge in [-0.1, -0.05) is 49.2 Å². The van der Waals surface area contributed by atoms with Gasteiger partial charge in [-0.05, 0) is 42.5 Å². The van der Waals surface area contributed by atoms with Gasteiger partial charge in [0.15, 0.2) is 0 Å². The smallest absolute Gasteiger partial charge is 0.261 e. The number of benzene rings is 2. The molecule has 6 heteroatoms. The summed E-state index contributed by atoms with van der Waals surface area (Å²) in [6, 6.07) is 14.4. The van der Waals surface area contributed by atoms with Gasteiger partial charge in [0.05, 0.1) is 23.7 Å². The summed E-state index contributed by atoms with van der Waals surface area (Å²) < 4.78 is 0. The van der Waals surface area contributed by atoms with E-state index < -0.39 is 6.04 Å². The number of aldehydes is 1. The van der Waals surface area contributed by atoms with Gasteiger partial charge < -0.3 is 9.69 Å². The molecule has 0 bridgehead atoms. The monoisotopic (exact) mass is 430 g/mol. The van der Waals surface area contributed by atoms with E-state index in [1.54, 1.807) is 24.3 Å². The normalized spacial score (nSPS) is 24.8. The first-order valence-corrected chi connectivity index (χ1v) is 11.4. The number of rotatable bonds is 4. The average molecular weight is 431 g/mol. The molecule has 1 saturated carbocycles. The Kier molecular flexibility index (Phi) is 5.37. The second-order valence-corrected chi connectivity index (χ2v) is 8.95. The topological polar surface area (TPSA) is 74.8 Å². The van der Waals surface area contributed by atoms with Crippen LogP contribution in [0.1, 0.15) is 63.6 Å². The van der Waals surface area contributed by atoms with E-state index in [-0.39, 0.29) is 36.1 Å². The van der Waals surface area contributed by atoms with Gasteiger partial charge in [0.2, 0.25) is 5.91 Å². The van der Waals surface area contributed by atoms with E-state index in [0.29, 0.717) is 24.1 Å². The predicted molar refractivity (Wildman–Crippen MR) is 118 cm³/mol. The Labute approximate surface area is 187 Å². The third-order valence-electron chi connectivity index (χ3n) is 7.24. The number of fused-ring (bicyclic) bond motifs is 2. The van der Waals surface area contributed by atoms with Crippen molar-refractivity contribution in [1.82, 2.24) is 9.80 Å². The van der Waals surface area contributed by atoms with Crippen LogP contribution in [0.2, 0.25) is 0 Å². The Morgan fingerprint density at radius 3 is 2.31 bits per heavy atom. The molecule has 3 atom stereocenters. The van der Waals surface area contributed by atoms with Gasteiger partial charge >= 0.3 is 0 Å². The zero-order valence-corrected chi connectivity index (χ0v) is 17.9. The highest BCUT2D eigenvalue weighted by molar-refractivity contribution is 6.21. The summed E-state index contributed by atoms with van der Waals surface area (Å²) in [5.41, 5.74) is 2.93. The van der Waals surface area contributed by atoms with Crippen LogP contribution in [-0.2, 0) is 16.0 Å². The first kappa shape index (κ1) is 20.6. The number of amides is 3. The van der Waals surface area contributed by atoms with Crippen LogP contribution in [0, 0.1) is 11.8 Å². The standard InChI is InChI=1S/C26H26N2O4/c29-16-18-8-2-4-10-20(18)24(30)27-14-13-17-7-1-3-9-19(17)23(27)15-28-25(31)21-11-5-6-12-22(21)26(28)32/h1,3,5-7,9,11-12,16,18,20,23H,2,4,8,10,13-15H2. The zero-order chi connectivity index (χ0) is 22.2. The maximum Gasteiger partial charge on any atom is 0.261 e. The summed E-state index contributed by atoms with van der Waals surface area (Å²) in [7, 11) is 0. The van der Waals surface area contributed by atoms with Gasteiger partial charge in [0.1, 0.15) is 6.29 Å². The number of carbonyl (C=O) groups excluding carboxylic acids is 4. The highest BCUT2D eigenvalue weighted by Crippen LogP contribution is 2.37. The van der Waals surface area contributed by atoms with Crippen LogP contribution >= 0.6 is 0 Å². The average Bonchev–Trinajstić information content (AvgIpc) is 3.08. The van der Waals surface area contributed by atoms with E-state index in [1.807, 2.05) is 29.2 Å². The number of imide groups is 1. The molecular formula is C26H26N2O4. The molecule has 0 aromatic heterocycles. The van der Waals surface area contributed by atoms with E-state index in [4.69, 9.17) is 0 Å². The molecule has 0 radical (unpaired) electrons. The van der Waals surface area contributed by atoms with Crippen LogP contribution in [0.4, 0.5) is 0 Å². The number of hydrogen-bond donors (Lipinski definition) is 0. The van der Waals surface area contributed by atoms with Crippen LogP contribution in [0.15, 0.2) is 48.5 Å². The van der Waals surface area contributed by atoms with Crippen molar-refractivity contribution in [2.75, 3.05) is 13.1 Å². The SMILES string of the molecule is O=CC1CCCCC1C(=O)N1CCc2ccccc2C1CN1C(=O)c2ccccc2C1=O. The van der Waals surface area contributed by atoms with Crippen molar-refractivity contribution in [3.8, 4) is 0 Å². The first-order valence-electron chi connectivity index (χ1n) is 11.4. The van der Waals surface area contributed by atoms with E-state index in [1.165, 1.54) is 4.90 Å². The van der Waals surface area contributed by atoms with Gasteiger partial charge in [0.25, 0.3) is 11.8 Å². The molecule has 3 unspecified atom stereocenters. The second-order valence-electron chi connectivity index (χ2n) is 8.95. The van der Waals surface area contributed by atoms with E-state index in [2.05, 4.69) is 0 Å². The van der Waals surface area contributed by atoms with Crippen LogP contribution < -0.4 is 0 Å². The van der Waals surface area contributed by atoms with Crippen molar-refractivity contribution >= 4 is 24.0 Å². The summed E-state index contributed by atoms with van der Waals surface area (Å²) in [6.45, 7) is 0.638. The third kappa shape index (κ3) is 3.34. The summed E-state index contributed by atoms with van der Waals surface area (Å²) in [4.78, 5) is 54.5. The second kappa shape index (κ2) is 8.34. The summed E-state index contributed by atoms with van der Waals surface area (Å²) in [5.74, 6) is -1.24. The summed E-state index contributed by atoms with van der Waals surface area (Å²) in [5, 5.41) is 0. The Morgan fingerprint density at radius 2 is 1.59 bits per heavy atom. The molecule has 0 spiro atoms. The third-order valence-corrected chi connectivity index (χ3v) is 7.24. The zero-order valence-electron chi connectivity index (χ0n) is 17.9. The molecular weight excluding hydrogens is 404 g/mol. The highest BCUT2D eigenvalue weighted by Gasteiger charge is 2.42. The van der Waals surface area contributed by atoms with Crippen LogP contribution in [-0.4, -0.2) is 46.9 Å². The molecule has 2 aliphatic heterocycles. The fourth-order valence-electron chi connectivity index (χ4n) is 5.53. The molecule has 3 aliphatic rings. The van der Waals surface area contributed by atoms with E-state index in [9.17, 15) is 19.2 Å². The lowest BCUT2D eigenvalue weighted by atomic mass is 9.78. The minimum absolute atomic E-state index is 0.0297. The fourth-order valence-corrected chi connectivity index (χ4v) is 5.53. The van der Waals surface area contributed by atoms with Gasteiger partial charge in [0, 0.05) is 18.4 Å². The minimum atomic E-state index is -0.413. The Balaban J connectivity index is 1.48. The lowest BCUT2D eigenvalue weighted by Crippen LogP contribution is -2.49. The predicted octanol–water partition coefficient (Wildman–Crippen LogP) is 3.41. The Morgan fingerprint density at radius 1 is 0.938 bits per heavy atom. The Hall–Kier alpha value is -3.28. The molecule has 5 rings (SSSR count). The van der Waals surface area contributed by atoms with Crippen molar-refractivity contribution in [1.29, 1.82) is 0 Å². The van der Waals surface area contributed by atoms with Crippen molar-refractivity contribution in [2.24, 2.45) is 11.8 Å². The fraction of sp³-hybridized carbons (Fsp3) is 0.385. The number of nitrogens with zero attached hydrogens (tertiary/aromatic N) is 2. The van der Waals surface area contributed by atoms with Crippen LogP contribution in [0.25, 0.3) is 0 Å². The molecule has 32 heavy (non-hydrogen) atoms. The maximum atomic E-state index is 13.7. The minimum Gasteiger partial charge on any atom is -0.333 e. The number of hydrogen-bond acceptors (Lipinski definition) is 4. The molecule has 164 valence electrons. The van der Waals surface area contributed by atoms with Crippen molar-refractivity contribution in [3.05, 3.63) is 70.8 Å². The molecule has 0 N–H and O–H groups in total. The van der Waals surface area contributed by atoms with Gasteiger partial charge in [-0.25, -0.2) is 0 Å². The summed E-state index contributed by atoms with van der Waals surface area (Å²) in [6.07, 6.45) is 5.01. The van der Waals surface area contributed by atoms with Crippen molar-refractivity contribution in [2.45, 2.75) is 38.1 Å².